The largest absolute Gasteiger partial charge is 0.293 e. The standard InChI is InChI=1S/C5H7BrN/c1-7-3-2-5(6)4-7/h2,4H,3H2,1H3. The number of hydrogen-bond acceptors (Lipinski definition) is 1. The van der Waals surface area contributed by atoms with Gasteiger partial charge in [-0.2, -0.15) is 0 Å². The highest BCUT2D eigenvalue weighted by atomic mass is 79.9. The first-order valence-electron chi connectivity index (χ1n) is 2.20. The van der Waals surface area contributed by atoms with E-state index in [1.54, 1.807) is 0 Å². The van der Waals surface area contributed by atoms with E-state index >= 15 is 0 Å². The second kappa shape index (κ2) is 1.97. The molecular formula is C5H7BrN. The highest BCUT2D eigenvalue weighted by molar-refractivity contribution is 9.11. The molecule has 39 valence electrons. The predicted octanol–water partition coefficient (Wildman–Crippen LogP) is 1.37. The molecule has 0 aromatic heterocycles. The molecule has 1 aliphatic heterocycles. The Kier molecular flexibility index (Phi) is 1.50. The Hall–Kier alpha value is 0.180. The Bertz CT molecular complexity index is 98.3. The molecule has 7 heavy (non-hydrogen) atoms. The van der Waals surface area contributed by atoms with Gasteiger partial charge in [-0.1, -0.05) is 22.0 Å². The van der Waals surface area contributed by atoms with E-state index in [9.17, 15) is 0 Å². The lowest BCUT2D eigenvalue weighted by molar-refractivity contribution is 0.492. The van der Waals surface area contributed by atoms with E-state index in [-0.39, 0.29) is 0 Å². The first-order chi connectivity index (χ1) is 3.29. The van der Waals surface area contributed by atoms with Gasteiger partial charge in [-0.3, -0.25) is 4.90 Å². The summed E-state index contributed by atoms with van der Waals surface area (Å²) in [7, 11) is 2.05. The first kappa shape index (κ1) is 5.32. The lowest BCUT2D eigenvalue weighted by atomic mass is 10.6. The van der Waals surface area contributed by atoms with Crippen molar-refractivity contribution in [3.63, 3.8) is 0 Å². The molecule has 1 aliphatic rings. The fourth-order valence-electron chi connectivity index (χ4n) is 0.547. The molecular weight excluding hydrogens is 154 g/mol. The van der Waals surface area contributed by atoms with Crippen LogP contribution < -0.4 is 0 Å². The first-order valence-corrected chi connectivity index (χ1v) is 2.99. The third-order valence-electron chi connectivity index (χ3n) is 0.918. The average Bonchev–Trinajstić information content (AvgIpc) is 1.87. The van der Waals surface area contributed by atoms with Crippen LogP contribution in [0.4, 0.5) is 0 Å². The van der Waals surface area contributed by atoms with Gasteiger partial charge >= 0.3 is 0 Å². The van der Waals surface area contributed by atoms with Gasteiger partial charge in [-0.05, 0) is 7.05 Å². The maximum atomic E-state index is 3.34. The van der Waals surface area contributed by atoms with Gasteiger partial charge in [0, 0.05) is 11.0 Å². The number of likely N-dealkylation sites (N-methyl/N-ethyl adjacent to an activating group) is 1. The molecule has 0 spiro atoms. The van der Waals surface area contributed by atoms with Crippen LogP contribution in [0.1, 0.15) is 0 Å². The molecule has 0 bridgehead atoms. The zero-order valence-electron chi connectivity index (χ0n) is 4.19. The third-order valence-corrected chi connectivity index (χ3v) is 1.45. The van der Waals surface area contributed by atoms with Crippen molar-refractivity contribution >= 4 is 15.9 Å². The van der Waals surface area contributed by atoms with Gasteiger partial charge < -0.3 is 0 Å². The van der Waals surface area contributed by atoms with Gasteiger partial charge in [0.05, 0.1) is 6.54 Å². The van der Waals surface area contributed by atoms with Crippen molar-refractivity contribution in [3.8, 4) is 0 Å². The SMILES string of the molecule is CN1[CH]C(Br)=CC1. The van der Waals surface area contributed by atoms with Crippen molar-refractivity contribution in [2.45, 2.75) is 0 Å². The van der Waals surface area contributed by atoms with Crippen LogP contribution >= 0.6 is 15.9 Å². The summed E-state index contributed by atoms with van der Waals surface area (Å²) in [6.45, 7) is 3.10. The summed E-state index contributed by atoms with van der Waals surface area (Å²) in [5.41, 5.74) is 0. The molecule has 0 aromatic carbocycles. The molecule has 1 rings (SSSR count). The molecule has 1 heterocycles. The third kappa shape index (κ3) is 1.28. The lowest BCUT2D eigenvalue weighted by Crippen LogP contribution is -2.07. The van der Waals surface area contributed by atoms with Crippen molar-refractivity contribution in [1.29, 1.82) is 0 Å². The molecule has 2 heteroatoms. The molecule has 1 radical (unpaired) electrons. The van der Waals surface area contributed by atoms with Crippen molar-refractivity contribution < 1.29 is 0 Å². The summed E-state index contributed by atoms with van der Waals surface area (Å²) in [6, 6.07) is 0. The van der Waals surface area contributed by atoms with Crippen molar-refractivity contribution in [2.24, 2.45) is 0 Å². The minimum atomic E-state index is 1.04. The zero-order chi connectivity index (χ0) is 5.28. The van der Waals surface area contributed by atoms with Crippen molar-refractivity contribution in [3.05, 3.63) is 17.1 Å². The van der Waals surface area contributed by atoms with Gasteiger partial charge in [-0.15, -0.1) is 0 Å². The molecule has 0 aliphatic carbocycles. The summed E-state index contributed by atoms with van der Waals surface area (Å²) in [5.74, 6) is 0. The maximum absolute atomic E-state index is 3.34. The molecule has 1 nitrogen and oxygen atoms in total. The molecule has 0 N–H and O–H groups in total. The fourth-order valence-corrected chi connectivity index (χ4v) is 1.04. The Balaban J connectivity index is 2.42. The monoisotopic (exact) mass is 160 g/mol. The fraction of sp³-hybridized carbons (Fsp3) is 0.400. The van der Waals surface area contributed by atoms with E-state index < -0.39 is 0 Å². The molecule has 0 unspecified atom stereocenters. The molecule has 0 fully saturated rings. The van der Waals surface area contributed by atoms with Gasteiger partial charge in [0.1, 0.15) is 0 Å². The highest BCUT2D eigenvalue weighted by Crippen LogP contribution is 2.16. The normalized spacial score (nSPS) is 22.9. The summed E-state index contributed by atoms with van der Waals surface area (Å²) in [4.78, 5) is 2.12. The zero-order valence-corrected chi connectivity index (χ0v) is 5.77. The van der Waals surface area contributed by atoms with Crippen LogP contribution in [-0.2, 0) is 0 Å². The van der Waals surface area contributed by atoms with E-state index in [4.69, 9.17) is 0 Å². The topological polar surface area (TPSA) is 3.24 Å². The Morgan fingerprint density at radius 1 is 1.86 bits per heavy atom. The van der Waals surface area contributed by atoms with Gasteiger partial charge in [-0.25, -0.2) is 0 Å². The van der Waals surface area contributed by atoms with Crippen LogP contribution in [0.2, 0.25) is 0 Å². The van der Waals surface area contributed by atoms with Gasteiger partial charge in [0.15, 0.2) is 0 Å². The van der Waals surface area contributed by atoms with Crippen LogP contribution in [0, 0.1) is 6.54 Å². The quantitative estimate of drug-likeness (QED) is 0.518. The van der Waals surface area contributed by atoms with E-state index in [2.05, 4.69) is 33.5 Å². The summed E-state index contributed by atoms with van der Waals surface area (Å²) in [5, 5.41) is 0. The Morgan fingerprint density at radius 3 is 2.71 bits per heavy atom. The number of halogens is 1. The summed E-state index contributed by atoms with van der Waals surface area (Å²) >= 11 is 3.34. The van der Waals surface area contributed by atoms with Crippen molar-refractivity contribution in [2.75, 3.05) is 13.6 Å². The maximum Gasteiger partial charge on any atom is 0.0614 e. The molecule has 0 saturated carbocycles. The molecule has 0 amide bonds. The Labute approximate surface area is 52.1 Å². The Morgan fingerprint density at radius 2 is 2.57 bits per heavy atom. The second-order valence-electron chi connectivity index (χ2n) is 1.66. The van der Waals surface area contributed by atoms with E-state index in [0.717, 1.165) is 6.54 Å². The van der Waals surface area contributed by atoms with Crippen LogP contribution in [0.15, 0.2) is 10.6 Å². The van der Waals surface area contributed by atoms with Gasteiger partial charge in [0.2, 0.25) is 0 Å². The molecule has 0 saturated heterocycles. The van der Waals surface area contributed by atoms with E-state index in [1.165, 1.54) is 4.48 Å². The van der Waals surface area contributed by atoms with E-state index in [0.29, 0.717) is 0 Å². The second-order valence-corrected chi connectivity index (χ2v) is 2.57. The minimum absolute atomic E-state index is 1.04. The average molecular weight is 161 g/mol. The van der Waals surface area contributed by atoms with E-state index in [1.807, 2.05) is 7.05 Å². The highest BCUT2D eigenvalue weighted by Gasteiger charge is 2.05. The molecule has 0 aromatic rings. The van der Waals surface area contributed by atoms with Crippen LogP contribution in [-0.4, -0.2) is 18.5 Å². The summed E-state index contributed by atoms with van der Waals surface area (Å²) < 4.78 is 1.19. The number of nitrogens with zero attached hydrogens (tertiary/aromatic N) is 1. The van der Waals surface area contributed by atoms with Crippen LogP contribution in [0.25, 0.3) is 0 Å². The molecule has 0 atom stereocenters. The smallest absolute Gasteiger partial charge is 0.0614 e. The summed E-state index contributed by atoms with van der Waals surface area (Å²) in [6.07, 6.45) is 2.12. The predicted molar refractivity (Wildman–Crippen MR) is 33.9 cm³/mol. The minimum Gasteiger partial charge on any atom is -0.293 e. The van der Waals surface area contributed by atoms with Gasteiger partial charge in [0.25, 0.3) is 0 Å². The van der Waals surface area contributed by atoms with Crippen molar-refractivity contribution in [1.82, 2.24) is 4.90 Å². The van der Waals surface area contributed by atoms with Crippen LogP contribution in [0.5, 0.6) is 0 Å². The number of hydrogen-bond donors (Lipinski definition) is 0. The lowest BCUT2D eigenvalue weighted by Gasteiger charge is -2.02. The van der Waals surface area contributed by atoms with Crippen LogP contribution in [0.3, 0.4) is 0 Å². The number of rotatable bonds is 0.